The van der Waals surface area contributed by atoms with Gasteiger partial charge in [0, 0.05) is 21.2 Å². The summed E-state index contributed by atoms with van der Waals surface area (Å²) in [5, 5.41) is 19.8. The third kappa shape index (κ3) is 1.80. The average molecular weight is 296 g/mol. The van der Waals surface area contributed by atoms with E-state index in [0.717, 1.165) is 21.2 Å². The minimum Gasteiger partial charge on any atom is -0.478 e. The molecule has 102 valence electrons. The summed E-state index contributed by atoms with van der Waals surface area (Å²) in [5.74, 6) is -0.935. The summed E-state index contributed by atoms with van der Waals surface area (Å²) in [6.07, 6.45) is 0. The number of carboxylic acids is 1. The van der Waals surface area contributed by atoms with Gasteiger partial charge in [-0.1, -0.05) is 12.1 Å². The van der Waals surface area contributed by atoms with Crippen LogP contribution in [-0.2, 0) is 0 Å². The number of nitrogens with zero attached hydrogens (tertiary/aromatic N) is 2. The van der Waals surface area contributed by atoms with Crippen molar-refractivity contribution >= 4 is 38.4 Å². The Bertz CT molecular complexity index is 987. The Morgan fingerprint density at radius 3 is 2.90 bits per heavy atom. The van der Waals surface area contributed by atoms with Crippen LogP contribution in [0.1, 0.15) is 10.4 Å². The van der Waals surface area contributed by atoms with Crippen molar-refractivity contribution in [3.63, 3.8) is 0 Å². The normalized spacial score (nSPS) is 11.2. The summed E-state index contributed by atoms with van der Waals surface area (Å²) in [6.45, 7) is 0. The second-order valence-electron chi connectivity index (χ2n) is 4.60. The Labute approximate surface area is 122 Å². The van der Waals surface area contributed by atoms with Gasteiger partial charge in [0.1, 0.15) is 11.0 Å². The second-order valence-corrected chi connectivity index (χ2v) is 5.51. The first kappa shape index (κ1) is 12.0. The van der Waals surface area contributed by atoms with E-state index in [0.29, 0.717) is 11.0 Å². The molecular weight excluding hydrogens is 288 g/mol. The molecule has 4 aromatic rings. The van der Waals surface area contributed by atoms with Crippen LogP contribution < -0.4 is 0 Å². The number of carbonyl (C=O) groups is 1. The zero-order valence-corrected chi connectivity index (χ0v) is 11.4. The number of aromatic nitrogens is 2. The molecule has 0 aliphatic rings. The van der Waals surface area contributed by atoms with Gasteiger partial charge in [0.05, 0.1) is 5.56 Å². The first-order valence-electron chi connectivity index (χ1n) is 6.20. The zero-order chi connectivity index (χ0) is 14.4. The van der Waals surface area contributed by atoms with Crippen molar-refractivity contribution in [3.05, 3.63) is 47.3 Å². The highest BCUT2D eigenvalue weighted by molar-refractivity contribution is 7.17. The van der Waals surface area contributed by atoms with Crippen molar-refractivity contribution in [2.45, 2.75) is 0 Å². The van der Waals surface area contributed by atoms with Gasteiger partial charge in [-0.25, -0.2) is 9.42 Å². The summed E-state index contributed by atoms with van der Waals surface area (Å²) in [7, 11) is 0. The molecule has 5 nitrogen and oxygen atoms in total. The number of benzene rings is 2. The quantitative estimate of drug-likeness (QED) is 0.609. The lowest BCUT2D eigenvalue weighted by atomic mass is 10.0. The van der Waals surface area contributed by atoms with Crippen LogP contribution in [0.15, 0.2) is 46.4 Å². The molecule has 4 rings (SSSR count). The highest BCUT2D eigenvalue weighted by atomic mass is 32.1. The predicted molar refractivity (Wildman–Crippen MR) is 79.6 cm³/mol. The molecule has 0 unspecified atom stereocenters. The largest absolute Gasteiger partial charge is 0.478 e. The standard InChI is InChI=1S/C15H8N2O3S/c18-15(19)8-4-5-13-10(6-8)11(7-21-13)9-2-1-3-12-14(9)17-20-16-12/h1-7H,(H,18,19). The van der Waals surface area contributed by atoms with Gasteiger partial charge in [0.15, 0.2) is 0 Å². The maximum absolute atomic E-state index is 11.2. The Balaban J connectivity index is 2.04. The zero-order valence-electron chi connectivity index (χ0n) is 10.6. The number of hydrogen-bond acceptors (Lipinski definition) is 5. The number of rotatable bonds is 2. The minimum absolute atomic E-state index is 0.271. The molecule has 0 spiro atoms. The third-order valence-corrected chi connectivity index (χ3v) is 4.36. The number of aromatic carboxylic acids is 1. The van der Waals surface area contributed by atoms with Gasteiger partial charge in [0.25, 0.3) is 0 Å². The molecule has 0 amide bonds. The van der Waals surface area contributed by atoms with Gasteiger partial charge >= 0.3 is 5.97 Å². The van der Waals surface area contributed by atoms with Gasteiger partial charge in [-0.05, 0) is 40.0 Å². The SMILES string of the molecule is O=C(O)c1ccc2scc(-c3cccc4nonc34)c2c1. The number of carboxylic acid groups (broad SMARTS) is 1. The Hall–Kier alpha value is -2.73. The van der Waals surface area contributed by atoms with Crippen LogP contribution in [0.5, 0.6) is 0 Å². The lowest BCUT2D eigenvalue weighted by Gasteiger charge is -2.01. The fourth-order valence-electron chi connectivity index (χ4n) is 2.39. The van der Waals surface area contributed by atoms with Crippen molar-refractivity contribution in [1.82, 2.24) is 10.3 Å². The molecule has 6 heteroatoms. The fraction of sp³-hybridized carbons (Fsp3) is 0. The highest BCUT2D eigenvalue weighted by Gasteiger charge is 2.14. The van der Waals surface area contributed by atoms with E-state index in [4.69, 9.17) is 9.74 Å². The molecule has 0 radical (unpaired) electrons. The third-order valence-electron chi connectivity index (χ3n) is 3.40. The van der Waals surface area contributed by atoms with Crippen LogP contribution in [0.2, 0.25) is 0 Å². The van der Waals surface area contributed by atoms with Gasteiger partial charge < -0.3 is 5.11 Å². The molecule has 0 aliphatic heterocycles. The maximum atomic E-state index is 11.2. The summed E-state index contributed by atoms with van der Waals surface area (Å²) < 4.78 is 5.82. The minimum atomic E-state index is -0.935. The predicted octanol–water partition coefficient (Wildman–Crippen LogP) is 3.80. The molecule has 1 N–H and O–H groups in total. The van der Waals surface area contributed by atoms with Crippen molar-refractivity contribution in [1.29, 1.82) is 0 Å². The fourth-order valence-corrected chi connectivity index (χ4v) is 3.34. The van der Waals surface area contributed by atoms with Gasteiger partial charge in [-0.2, -0.15) is 0 Å². The topological polar surface area (TPSA) is 76.2 Å². The first-order valence-corrected chi connectivity index (χ1v) is 7.08. The summed E-state index contributed by atoms with van der Waals surface area (Å²) >= 11 is 1.57. The van der Waals surface area contributed by atoms with E-state index in [1.807, 2.05) is 29.6 Å². The molecule has 21 heavy (non-hydrogen) atoms. The van der Waals surface area contributed by atoms with E-state index >= 15 is 0 Å². The molecular formula is C15H8N2O3S. The number of fused-ring (bicyclic) bond motifs is 2. The number of hydrogen-bond donors (Lipinski definition) is 1. The van der Waals surface area contributed by atoms with Crippen LogP contribution in [0, 0.1) is 0 Å². The van der Waals surface area contributed by atoms with Crippen LogP contribution in [0.4, 0.5) is 0 Å². The lowest BCUT2D eigenvalue weighted by Crippen LogP contribution is -1.94. The van der Waals surface area contributed by atoms with E-state index in [9.17, 15) is 4.79 Å². The van der Waals surface area contributed by atoms with E-state index < -0.39 is 5.97 Å². The van der Waals surface area contributed by atoms with E-state index in [2.05, 4.69) is 10.3 Å². The van der Waals surface area contributed by atoms with Crippen LogP contribution in [0.25, 0.3) is 32.2 Å². The Morgan fingerprint density at radius 2 is 2.05 bits per heavy atom. The summed E-state index contributed by atoms with van der Waals surface area (Å²) in [6, 6.07) is 10.8. The molecule has 0 fully saturated rings. The van der Waals surface area contributed by atoms with Crippen molar-refractivity contribution in [3.8, 4) is 11.1 Å². The highest BCUT2D eigenvalue weighted by Crippen LogP contribution is 2.37. The monoisotopic (exact) mass is 296 g/mol. The van der Waals surface area contributed by atoms with Crippen LogP contribution in [0.3, 0.4) is 0 Å². The second kappa shape index (κ2) is 4.39. The summed E-state index contributed by atoms with van der Waals surface area (Å²) in [5.41, 5.74) is 3.47. The molecule has 0 saturated carbocycles. The van der Waals surface area contributed by atoms with Crippen LogP contribution >= 0.6 is 11.3 Å². The van der Waals surface area contributed by atoms with Crippen LogP contribution in [-0.4, -0.2) is 21.4 Å². The first-order chi connectivity index (χ1) is 10.2. The summed E-state index contributed by atoms with van der Waals surface area (Å²) in [4.78, 5) is 11.2. The number of thiophene rings is 1. The van der Waals surface area contributed by atoms with E-state index in [1.54, 1.807) is 23.5 Å². The Kier molecular flexibility index (Phi) is 2.52. The van der Waals surface area contributed by atoms with Gasteiger partial charge in [0.2, 0.25) is 0 Å². The van der Waals surface area contributed by atoms with E-state index in [-0.39, 0.29) is 5.56 Å². The lowest BCUT2D eigenvalue weighted by molar-refractivity contribution is 0.0697. The molecule has 2 aromatic heterocycles. The van der Waals surface area contributed by atoms with E-state index in [1.165, 1.54) is 0 Å². The van der Waals surface area contributed by atoms with Gasteiger partial charge in [-0.15, -0.1) is 11.3 Å². The molecule has 0 atom stereocenters. The van der Waals surface area contributed by atoms with Crippen molar-refractivity contribution < 1.29 is 14.5 Å². The van der Waals surface area contributed by atoms with Crippen molar-refractivity contribution in [2.24, 2.45) is 0 Å². The van der Waals surface area contributed by atoms with Crippen molar-refractivity contribution in [2.75, 3.05) is 0 Å². The smallest absolute Gasteiger partial charge is 0.335 e. The molecule has 0 aliphatic carbocycles. The van der Waals surface area contributed by atoms with Gasteiger partial charge in [-0.3, -0.25) is 0 Å². The molecule has 2 aromatic carbocycles. The molecule has 2 heterocycles. The molecule has 0 bridgehead atoms. The average Bonchev–Trinajstić information content (AvgIpc) is 3.12. The molecule has 0 saturated heterocycles. The maximum Gasteiger partial charge on any atom is 0.335 e. The Morgan fingerprint density at radius 1 is 1.14 bits per heavy atom.